The Labute approximate surface area is 218 Å². The van der Waals surface area contributed by atoms with Gasteiger partial charge in [0.15, 0.2) is 0 Å². The number of likely N-dealkylation sites (N-methyl/N-ethyl adjacent to an activating group) is 1. The van der Waals surface area contributed by atoms with Crippen molar-refractivity contribution in [2.45, 2.75) is 19.8 Å². The van der Waals surface area contributed by atoms with Crippen LogP contribution < -0.4 is 15.4 Å². The third-order valence-corrected chi connectivity index (χ3v) is 6.00. The fourth-order valence-corrected chi connectivity index (χ4v) is 3.96. The smallest absolute Gasteiger partial charge is 0.230 e. The van der Waals surface area contributed by atoms with Crippen molar-refractivity contribution in [2.75, 3.05) is 43.5 Å². The first-order valence-electron chi connectivity index (χ1n) is 12.3. The highest BCUT2D eigenvalue weighted by molar-refractivity contribution is 5.93. The maximum absolute atomic E-state index is 13.3. The highest BCUT2D eigenvalue weighted by Crippen LogP contribution is 2.26. The molecular formula is C26H30FN7O4. The van der Waals surface area contributed by atoms with Crippen LogP contribution in [0.15, 0.2) is 54.9 Å². The summed E-state index contributed by atoms with van der Waals surface area (Å²) in [6.07, 6.45) is 2.00. The summed E-state index contributed by atoms with van der Waals surface area (Å²) in [5.74, 6) is 0.952. The molecule has 0 aliphatic heterocycles. The number of anilines is 3. The van der Waals surface area contributed by atoms with E-state index in [-0.39, 0.29) is 25.5 Å². The van der Waals surface area contributed by atoms with Gasteiger partial charge in [-0.2, -0.15) is 5.10 Å². The standard InChI is InChI=1S/C26H30FN7O4/c1-2-34(37,10-11-35)9-4-12-38-21-7-8-22-23(16-21)28-17-29-26(22)31-24-14-20(32-33-24)15-25(36)30-19-6-3-5-18(27)13-19/h3,5-8,13-14,16-17,35H,2,4,9-12,15H2,1H3,(H,30,36)(H2,28,29,31,32,33). The van der Waals surface area contributed by atoms with E-state index in [0.29, 0.717) is 60.4 Å². The first-order valence-corrected chi connectivity index (χ1v) is 12.3. The molecule has 200 valence electrons. The number of hydrogen-bond acceptors (Lipinski definition) is 8. The molecule has 0 aliphatic carbocycles. The van der Waals surface area contributed by atoms with Gasteiger partial charge in [0.05, 0.1) is 43.9 Å². The topological polar surface area (TPSA) is 148 Å². The number of aromatic nitrogens is 4. The molecule has 2 aromatic heterocycles. The molecule has 0 saturated heterocycles. The molecule has 0 spiro atoms. The molecule has 1 unspecified atom stereocenters. The van der Waals surface area contributed by atoms with Gasteiger partial charge >= 0.3 is 0 Å². The van der Waals surface area contributed by atoms with Crippen molar-refractivity contribution in [3.63, 3.8) is 0 Å². The minimum absolute atomic E-state index is 0.00448. The first-order chi connectivity index (χ1) is 18.4. The van der Waals surface area contributed by atoms with E-state index in [9.17, 15) is 14.4 Å². The van der Waals surface area contributed by atoms with Crippen LogP contribution in [0.1, 0.15) is 19.0 Å². The Kier molecular flexibility index (Phi) is 8.79. The van der Waals surface area contributed by atoms with Crippen molar-refractivity contribution in [2.24, 2.45) is 0 Å². The Hall–Kier alpha value is -4.13. The van der Waals surface area contributed by atoms with Crippen LogP contribution in [-0.4, -0.2) is 68.7 Å². The molecular weight excluding hydrogens is 493 g/mol. The predicted molar refractivity (Wildman–Crippen MR) is 141 cm³/mol. The third-order valence-electron chi connectivity index (χ3n) is 6.00. The van der Waals surface area contributed by atoms with Crippen LogP contribution in [0.2, 0.25) is 0 Å². The number of carbonyl (C=O) groups is 1. The number of quaternary nitrogens is 1. The molecule has 4 aromatic rings. The summed E-state index contributed by atoms with van der Waals surface area (Å²) in [7, 11) is 0. The number of H-pyrrole nitrogens is 1. The largest absolute Gasteiger partial charge is 0.633 e. The summed E-state index contributed by atoms with van der Waals surface area (Å²) >= 11 is 0. The van der Waals surface area contributed by atoms with Gasteiger partial charge in [-0.05, 0) is 37.3 Å². The predicted octanol–water partition coefficient (Wildman–Crippen LogP) is 3.51. The number of fused-ring (bicyclic) bond motifs is 1. The molecule has 1 atom stereocenters. The maximum Gasteiger partial charge on any atom is 0.230 e. The van der Waals surface area contributed by atoms with E-state index in [0.717, 1.165) is 5.39 Å². The minimum Gasteiger partial charge on any atom is -0.633 e. The normalized spacial score (nSPS) is 12.7. The van der Waals surface area contributed by atoms with Crippen LogP contribution in [-0.2, 0) is 11.2 Å². The quantitative estimate of drug-likeness (QED) is 0.118. The van der Waals surface area contributed by atoms with Gasteiger partial charge in [0.25, 0.3) is 0 Å². The second kappa shape index (κ2) is 12.4. The Balaban J connectivity index is 1.34. The number of nitrogens with zero attached hydrogens (tertiary/aromatic N) is 4. The van der Waals surface area contributed by atoms with E-state index < -0.39 is 10.5 Å². The van der Waals surface area contributed by atoms with Crippen molar-refractivity contribution in [3.8, 4) is 5.75 Å². The average molecular weight is 524 g/mol. The Bertz CT molecular complexity index is 1380. The number of hydrogen-bond donors (Lipinski definition) is 4. The van der Waals surface area contributed by atoms with Crippen molar-refractivity contribution in [3.05, 3.63) is 71.6 Å². The van der Waals surface area contributed by atoms with Gasteiger partial charge in [-0.15, -0.1) is 0 Å². The number of ether oxygens (including phenoxy) is 1. The lowest BCUT2D eigenvalue weighted by Crippen LogP contribution is -2.45. The fraction of sp³-hybridized carbons (Fsp3) is 0.308. The molecule has 1 amide bonds. The lowest BCUT2D eigenvalue weighted by molar-refractivity contribution is -0.879. The molecule has 0 bridgehead atoms. The number of halogens is 1. The summed E-state index contributed by atoms with van der Waals surface area (Å²) in [5.41, 5.74) is 1.54. The number of carbonyl (C=O) groups excluding carboxylic acids is 1. The maximum atomic E-state index is 13.3. The van der Waals surface area contributed by atoms with E-state index in [2.05, 4.69) is 30.8 Å². The number of nitrogens with one attached hydrogen (secondary N) is 3. The SMILES string of the molecule is CC[N+]([O-])(CCO)CCCOc1ccc2c(Nc3cc(CC(=O)Nc4cccc(F)c4)n[nH]3)ncnc2c1. The Morgan fingerprint density at radius 3 is 2.84 bits per heavy atom. The van der Waals surface area contributed by atoms with E-state index in [1.54, 1.807) is 24.3 Å². The number of rotatable bonds is 13. The highest BCUT2D eigenvalue weighted by Gasteiger charge is 2.14. The van der Waals surface area contributed by atoms with Crippen molar-refractivity contribution in [1.29, 1.82) is 0 Å². The van der Waals surface area contributed by atoms with Crippen molar-refractivity contribution < 1.29 is 23.7 Å². The van der Waals surface area contributed by atoms with E-state index in [1.807, 2.05) is 13.0 Å². The number of hydroxylamine groups is 3. The third kappa shape index (κ3) is 7.22. The Morgan fingerprint density at radius 1 is 1.18 bits per heavy atom. The number of aromatic amines is 1. The average Bonchev–Trinajstić information content (AvgIpc) is 3.33. The summed E-state index contributed by atoms with van der Waals surface area (Å²) < 4.78 is 18.7. The molecule has 4 rings (SSSR count). The number of amides is 1. The van der Waals surface area contributed by atoms with Crippen LogP contribution in [0.25, 0.3) is 10.9 Å². The molecule has 0 radical (unpaired) electrons. The summed E-state index contributed by atoms with van der Waals surface area (Å²) in [4.78, 5) is 20.9. The van der Waals surface area contributed by atoms with Crippen LogP contribution in [0.3, 0.4) is 0 Å². The van der Waals surface area contributed by atoms with E-state index in [1.165, 1.54) is 24.5 Å². The van der Waals surface area contributed by atoms with Gasteiger partial charge < -0.3 is 30.3 Å². The van der Waals surface area contributed by atoms with E-state index >= 15 is 0 Å². The lowest BCUT2D eigenvalue weighted by atomic mass is 10.2. The summed E-state index contributed by atoms with van der Waals surface area (Å²) in [5, 5.41) is 35.1. The number of aliphatic hydroxyl groups is 1. The molecule has 12 heteroatoms. The number of benzene rings is 2. The van der Waals surface area contributed by atoms with Gasteiger partial charge in [-0.3, -0.25) is 9.89 Å². The van der Waals surface area contributed by atoms with Crippen LogP contribution in [0.5, 0.6) is 5.75 Å². The van der Waals surface area contributed by atoms with Gasteiger partial charge in [-0.25, -0.2) is 14.4 Å². The fourth-order valence-electron chi connectivity index (χ4n) is 3.96. The molecule has 11 nitrogen and oxygen atoms in total. The van der Waals surface area contributed by atoms with Gasteiger partial charge in [0.1, 0.15) is 36.1 Å². The van der Waals surface area contributed by atoms with Crippen LogP contribution >= 0.6 is 0 Å². The zero-order valence-corrected chi connectivity index (χ0v) is 21.0. The molecule has 0 aliphatic rings. The van der Waals surface area contributed by atoms with Gasteiger partial charge in [0.2, 0.25) is 5.91 Å². The van der Waals surface area contributed by atoms with Crippen molar-refractivity contribution >= 4 is 34.1 Å². The second-order valence-electron chi connectivity index (χ2n) is 8.78. The summed E-state index contributed by atoms with van der Waals surface area (Å²) in [6.45, 7) is 3.01. The molecule has 2 heterocycles. The second-order valence-corrected chi connectivity index (χ2v) is 8.78. The summed E-state index contributed by atoms with van der Waals surface area (Å²) in [6, 6.07) is 12.8. The molecule has 0 fully saturated rings. The molecule has 0 saturated carbocycles. The zero-order chi connectivity index (χ0) is 27.0. The zero-order valence-electron chi connectivity index (χ0n) is 21.0. The molecule has 38 heavy (non-hydrogen) atoms. The highest BCUT2D eigenvalue weighted by atomic mass is 19.1. The molecule has 2 aromatic carbocycles. The minimum atomic E-state index is -0.438. The van der Waals surface area contributed by atoms with Gasteiger partial charge in [-0.1, -0.05) is 6.07 Å². The van der Waals surface area contributed by atoms with Crippen LogP contribution in [0, 0.1) is 11.0 Å². The van der Waals surface area contributed by atoms with E-state index in [4.69, 9.17) is 9.84 Å². The number of aliphatic hydroxyl groups excluding tert-OH is 1. The lowest BCUT2D eigenvalue weighted by Gasteiger charge is -2.41. The Morgan fingerprint density at radius 2 is 2.05 bits per heavy atom. The monoisotopic (exact) mass is 523 g/mol. The van der Waals surface area contributed by atoms with Gasteiger partial charge in [0, 0.05) is 29.6 Å². The van der Waals surface area contributed by atoms with Crippen molar-refractivity contribution in [1.82, 2.24) is 20.2 Å². The first kappa shape index (κ1) is 26.9. The van der Waals surface area contributed by atoms with Crippen LogP contribution in [0.4, 0.5) is 21.7 Å². The molecule has 4 N–H and O–H groups in total.